The van der Waals surface area contributed by atoms with Crippen molar-refractivity contribution in [1.82, 2.24) is 19.6 Å². The van der Waals surface area contributed by atoms with Gasteiger partial charge in [0.25, 0.3) is 5.56 Å². The molecule has 3 aromatic heterocycles. The Labute approximate surface area is 145 Å². The first kappa shape index (κ1) is 16.7. The second kappa shape index (κ2) is 6.40. The average molecular weight is 364 g/mol. The van der Waals surface area contributed by atoms with E-state index in [0.717, 1.165) is 22.0 Å². The Morgan fingerprint density at radius 3 is 2.83 bits per heavy atom. The number of aromatic nitrogens is 4. The molecule has 0 unspecified atom stereocenters. The third-order valence-electron chi connectivity index (χ3n) is 3.80. The van der Waals surface area contributed by atoms with Crippen LogP contribution in [-0.2, 0) is 11.2 Å². The van der Waals surface area contributed by atoms with Gasteiger partial charge in [-0.2, -0.15) is 0 Å². The number of carbonyl (C=O) groups is 1. The maximum Gasteiger partial charge on any atom is 0.352 e. The van der Waals surface area contributed by atoms with Crippen LogP contribution in [0.4, 0.5) is 0 Å². The lowest BCUT2D eigenvalue weighted by atomic mass is 10.2. The van der Waals surface area contributed by atoms with E-state index >= 15 is 0 Å². The number of rotatable bonds is 4. The van der Waals surface area contributed by atoms with Crippen molar-refractivity contribution < 1.29 is 9.53 Å². The van der Waals surface area contributed by atoms with E-state index in [0.29, 0.717) is 33.0 Å². The van der Waals surface area contributed by atoms with Crippen molar-refractivity contribution in [1.29, 1.82) is 0 Å². The standard InChI is InChI=1S/C15H16N4O3S2/c1-5-9-11(24-19-18-9)15(21)22-7(3)12-16-13(20)10-6(2)8(4)23-14(10)17-12/h7H,5H2,1-4H3,(H,16,17,20)/t7-/m1/s1. The van der Waals surface area contributed by atoms with Crippen LogP contribution in [0.2, 0.25) is 0 Å². The number of fused-ring (bicyclic) bond motifs is 1. The van der Waals surface area contributed by atoms with Gasteiger partial charge in [0.05, 0.1) is 11.1 Å². The Morgan fingerprint density at radius 2 is 2.12 bits per heavy atom. The molecular weight excluding hydrogens is 348 g/mol. The lowest BCUT2D eigenvalue weighted by Crippen LogP contribution is -2.17. The van der Waals surface area contributed by atoms with Gasteiger partial charge in [0, 0.05) is 4.88 Å². The minimum absolute atomic E-state index is 0.214. The number of nitrogens with one attached hydrogen (secondary N) is 1. The third kappa shape index (κ3) is 2.84. The van der Waals surface area contributed by atoms with E-state index < -0.39 is 12.1 Å². The molecule has 1 atom stereocenters. The summed E-state index contributed by atoms with van der Waals surface area (Å²) in [5, 5.41) is 4.50. The molecule has 0 fully saturated rings. The van der Waals surface area contributed by atoms with E-state index in [9.17, 15) is 9.59 Å². The molecule has 0 aliphatic rings. The predicted octanol–water partition coefficient (Wildman–Crippen LogP) is 2.93. The molecule has 7 nitrogen and oxygen atoms in total. The van der Waals surface area contributed by atoms with Gasteiger partial charge in [-0.25, -0.2) is 9.78 Å². The van der Waals surface area contributed by atoms with Crippen LogP contribution in [0.25, 0.3) is 10.2 Å². The first-order valence-electron chi connectivity index (χ1n) is 7.44. The molecule has 9 heteroatoms. The highest BCUT2D eigenvalue weighted by Gasteiger charge is 2.22. The molecule has 0 aliphatic heterocycles. The summed E-state index contributed by atoms with van der Waals surface area (Å²) in [4.78, 5) is 33.8. The molecule has 1 N–H and O–H groups in total. The largest absolute Gasteiger partial charge is 0.450 e. The maximum absolute atomic E-state index is 12.3. The second-order valence-electron chi connectivity index (χ2n) is 5.36. The number of ether oxygens (including phenoxy) is 1. The van der Waals surface area contributed by atoms with Gasteiger partial charge in [-0.1, -0.05) is 11.4 Å². The van der Waals surface area contributed by atoms with Crippen molar-refractivity contribution in [3.8, 4) is 0 Å². The van der Waals surface area contributed by atoms with E-state index in [1.807, 2.05) is 20.8 Å². The Kier molecular flexibility index (Phi) is 4.46. The number of aromatic amines is 1. The third-order valence-corrected chi connectivity index (χ3v) is 5.65. The normalized spacial score (nSPS) is 12.5. The summed E-state index contributed by atoms with van der Waals surface area (Å²) >= 11 is 2.46. The van der Waals surface area contributed by atoms with Crippen LogP contribution in [0.15, 0.2) is 4.79 Å². The van der Waals surface area contributed by atoms with E-state index in [4.69, 9.17) is 4.74 Å². The molecule has 24 heavy (non-hydrogen) atoms. The van der Waals surface area contributed by atoms with Crippen molar-refractivity contribution in [2.24, 2.45) is 0 Å². The molecule has 126 valence electrons. The fraction of sp³-hybridized carbons (Fsp3) is 0.400. The highest BCUT2D eigenvalue weighted by molar-refractivity contribution is 7.18. The fourth-order valence-electron chi connectivity index (χ4n) is 2.33. The molecule has 0 bridgehead atoms. The lowest BCUT2D eigenvalue weighted by Gasteiger charge is -2.12. The van der Waals surface area contributed by atoms with Crippen molar-refractivity contribution in [3.63, 3.8) is 0 Å². The SMILES string of the molecule is CCc1nnsc1C(=O)O[C@H](C)c1nc2sc(C)c(C)c2c(=O)[nH]1. The molecular formula is C15H16N4O3S2. The summed E-state index contributed by atoms with van der Waals surface area (Å²) in [7, 11) is 0. The van der Waals surface area contributed by atoms with Crippen LogP contribution in [-0.4, -0.2) is 25.5 Å². The van der Waals surface area contributed by atoms with E-state index in [1.165, 1.54) is 11.3 Å². The quantitative estimate of drug-likeness (QED) is 0.715. The summed E-state index contributed by atoms with van der Waals surface area (Å²) in [6, 6.07) is 0. The number of nitrogens with zero attached hydrogens (tertiary/aromatic N) is 3. The Hall–Kier alpha value is -2.13. The number of hydrogen-bond donors (Lipinski definition) is 1. The molecule has 0 spiro atoms. The zero-order valence-electron chi connectivity index (χ0n) is 13.7. The Morgan fingerprint density at radius 1 is 1.38 bits per heavy atom. The van der Waals surface area contributed by atoms with Gasteiger partial charge in [0.1, 0.15) is 4.83 Å². The number of carbonyl (C=O) groups excluding carboxylic acids is 1. The van der Waals surface area contributed by atoms with Gasteiger partial charge in [-0.3, -0.25) is 4.79 Å². The molecule has 0 aromatic carbocycles. The summed E-state index contributed by atoms with van der Waals surface area (Å²) in [6.45, 7) is 7.42. The van der Waals surface area contributed by atoms with Crippen LogP contribution >= 0.6 is 22.9 Å². The van der Waals surface area contributed by atoms with Crippen LogP contribution < -0.4 is 5.56 Å². The monoisotopic (exact) mass is 364 g/mol. The van der Waals surface area contributed by atoms with E-state index in [1.54, 1.807) is 6.92 Å². The topological polar surface area (TPSA) is 97.8 Å². The lowest BCUT2D eigenvalue weighted by molar-refractivity contribution is 0.0324. The van der Waals surface area contributed by atoms with Gasteiger partial charge in [-0.15, -0.1) is 16.4 Å². The van der Waals surface area contributed by atoms with Crippen LogP contribution in [0, 0.1) is 13.8 Å². The van der Waals surface area contributed by atoms with Crippen LogP contribution in [0.5, 0.6) is 0 Å². The smallest absolute Gasteiger partial charge is 0.352 e. The highest BCUT2D eigenvalue weighted by atomic mass is 32.1. The first-order chi connectivity index (χ1) is 11.4. The summed E-state index contributed by atoms with van der Waals surface area (Å²) in [6.07, 6.45) is -0.0754. The van der Waals surface area contributed by atoms with E-state index in [-0.39, 0.29) is 5.56 Å². The van der Waals surface area contributed by atoms with Gasteiger partial charge >= 0.3 is 5.97 Å². The summed E-state index contributed by atoms with van der Waals surface area (Å²) in [5.74, 6) is -0.173. The maximum atomic E-state index is 12.3. The van der Waals surface area contributed by atoms with Crippen molar-refractivity contribution in [2.75, 3.05) is 0 Å². The summed E-state index contributed by atoms with van der Waals surface area (Å²) < 4.78 is 9.21. The number of H-pyrrole nitrogens is 1. The number of hydrogen-bond acceptors (Lipinski definition) is 8. The van der Waals surface area contributed by atoms with Crippen molar-refractivity contribution >= 4 is 39.1 Å². The Bertz CT molecular complexity index is 973. The van der Waals surface area contributed by atoms with Gasteiger partial charge in [0.15, 0.2) is 16.8 Å². The first-order valence-corrected chi connectivity index (χ1v) is 9.03. The molecule has 3 aromatic rings. The Balaban J connectivity index is 1.90. The summed E-state index contributed by atoms with van der Waals surface area (Å²) in [5.41, 5.74) is 1.33. The van der Waals surface area contributed by atoms with Crippen molar-refractivity contribution in [3.05, 3.63) is 37.2 Å². The van der Waals surface area contributed by atoms with Gasteiger partial charge < -0.3 is 9.72 Å². The number of thiophene rings is 1. The molecule has 3 rings (SSSR count). The fourth-order valence-corrected chi connectivity index (χ4v) is 4.00. The van der Waals surface area contributed by atoms with Gasteiger partial charge in [0.2, 0.25) is 0 Å². The number of esters is 1. The molecule has 0 aliphatic carbocycles. The molecule has 3 heterocycles. The van der Waals surface area contributed by atoms with Crippen LogP contribution in [0.3, 0.4) is 0 Å². The second-order valence-corrected chi connectivity index (χ2v) is 7.32. The van der Waals surface area contributed by atoms with Gasteiger partial charge in [-0.05, 0) is 44.3 Å². The highest BCUT2D eigenvalue weighted by Crippen LogP contribution is 2.27. The number of aryl methyl sites for hydroxylation is 3. The zero-order chi connectivity index (χ0) is 17.4. The average Bonchev–Trinajstić information content (AvgIpc) is 3.12. The minimum Gasteiger partial charge on any atom is -0.450 e. The molecule has 0 saturated heterocycles. The van der Waals surface area contributed by atoms with Crippen molar-refractivity contribution in [2.45, 2.75) is 40.2 Å². The van der Waals surface area contributed by atoms with E-state index in [2.05, 4.69) is 19.6 Å². The minimum atomic E-state index is -0.677. The molecule has 0 radical (unpaired) electrons. The molecule has 0 saturated carbocycles. The van der Waals surface area contributed by atoms with Crippen LogP contribution in [0.1, 0.15) is 51.6 Å². The predicted molar refractivity (Wildman–Crippen MR) is 92.8 cm³/mol. The zero-order valence-corrected chi connectivity index (χ0v) is 15.3. The molecule has 0 amide bonds.